The Balaban J connectivity index is 1.42. The largest absolute Gasteiger partial charge is 0.294 e. The number of carbonyl (C=O) groups excluding carboxylic acids is 2. The van der Waals surface area contributed by atoms with Crippen molar-refractivity contribution in [3.63, 3.8) is 0 Å². The van der Waals surface area contributed by atoms with E-state index in [1.165, 1.54) is 0 Å². The third-order valence-corrected chi connectivity index (χ3v) is 8.59. The summed E-state index contributed by atoms with van der Waals surface area (Å²) in [6, 6.07) is 48.5. The van der Waals surface area contributed by atoms with Crippen LogP contribution in [-0.4, -0.2) is 11.6 Å². The van der Waals surface area contributed by atoms with Crippen LogP contribution in [-0.2, 0) is 0 Å². The van der Waals surface area contributed by atoms with Crippen LogP contribution in [0, 0.1) is 11.8 Å². The van der Waals surface area contributed by atoms with Crippen molar-refractivity contribution in [2.24, 2.45) is 11.8 Å². The van der Waals surface area contributed by atoms with Gasteiger partial charge in [0.25, 0.3) is 0 Å². The van der Waals surface area contributed by atoms with Gasteiger partial charge in [-0.05, 0) is 32.7 Å². The summed E-state index contributed by atoms with van der Waals surface area (Å²) < 4.78 is 0. The lowest BCUT2D eigenvalue weighted by molar-refractivity contribution is 0.0456. The Morgan fingerprint density at radius 3 is 1.12 bits per heavy atom. The third kappa shape index (κ3) is 4.13. The molecule has 7 rings (SSSR count). The van der Waals surface area contributed by atoms with Crippen LogP contribution in [0.15, 0.2) is 146 Å². The lowest BCUT2D eigenvalue weighted by atomic mass is 9.49. The van der Waals surface area contributed by atoms with Crippen LogP contribution in [0.25, 0.3) is 21.5 Å². The van der Waals surface area contributed by atoms with Crippen LogP contribution in [0.1, 0.15) is 43.7 Å². The van der Waals surface area contributed by atoms with E-state index in [4.69, 9.17) is 0 Å². The normalized spacial score (nSPS) is 20.2. The fourth-order valence-electron chi connectivity index (χ4n) is 6.65. The molecule has 0 radical (unpaired) electrons. The molecule has 0 aliphatic heterocycles. The molecule has 0 aromatic heterocycles. The first-order valence-electron chi connectivity index (χ1n) is 13.8. The number of Topliss-reactive ketones (excluding diaryl/α,β-unsaturated/α-hetero) is 2. The van der Waals surface area contributed by atoms with E-state index < -0.39 is 11.8 Å². The van der Waals surface area contributed by atoms with E-state index in [2.05, 4.69) is 60.7 Å². The third-order valence-electron chi connectivity index (χ3n) is 8.59. The molecule has 1 fully saturated rings. The first-order chi connectivity index (χ1) is 19.7. The Kier molecular flexibility index (Phi) is 6.09. The summed E-state index contributed by atoms with van der Waals surface area (Å²) in [6.07, 6.45) is 0. The highest BCUT2D eigenvalue weighted by Gasteiger charge is 2.57. The predicted molar refractivity (Wildman–Crippen MR) is 162 cm³/mol. The van der Waals surface area contributed by atoms with Crippen molar-refractivity contribution in [2.75, 3.05) is 0 Å². The van der Waals surface area contributed by atoms with Crippen molar-refractivity contribution >= 4 is 33.1 Å². The molecule has 4 atom stereocenters. The Hall–Kier alpha value is -4.82. The second-order valence-electron chi connectivity index (χ2n) is 10.8. The summed E-state index contributed by atoms with van der Waals surface area (Å²) in [5.41, 5.74) is 3.51. The lowest BCUT2D eigenvalue weighted by Gasteiger charge is -2.51. The monoisotopic (exact) mass is 516 g/mol. The van der Waals surface area contributed by atoms with Crippen LogP contribution >= 0.6 is 0 Å². The van der Waals surface area contributed by atoms with Crippen molar-refractivity contribution in [1.29, 1.82) is 0 Å². The quantitative estimate of drug-likeness (QED) is 0.207. The SMILES string of the molecule is O=C(c1ccccc1)[C@H]1[C@H](C(=O)c2ccccc2)[C@@H](c2ccc3ccccc3c2)[C@@H]1c1ccc2ccccc2c1. The fourth-order valence-corrected chi connectivity index (χ4v) is 6.65. The minimum atomic E-state index is -0.465. The minimum absolute atomic E-state index is 0.0325. The zero-order valence-electron chi connectivity index (χ0n) is 22.0. The predicted octanol–water partition coefficient (Wildman–Crippen LogP) is 8.87. The van der Waals surface area contributed by atoms with Crippen molar-refractivity contribution in [3.8, 4) is 0 Å². The van der Waals surface area contributed by atoms with Gasteiger partial charge in [-0.3, -0.25) is 9.59 Å². The maximum Gasteiger partial charge on any atom is 0.167 e. The van der Waals surface area contributed by atoms with E-state index in [0.717, 1.165) is 32.7 Å². The molecule has 1 saturated carbocycles. The summed E-state index contributed by atoms with van der Waals surface area (Å²) in [5, 5.41) is 4.60. The zero-order valence-corrected chi connectivity index (χ0v) is 22.0. The average molecular weight is 517 g/mol. The second kappa shape index (κ2) is 10.1. The van der Waals surface area contributed by atoms with Gasteiger partial charge in [0.1, 0.15) is 0 Å². The van der Waals surface area contributed by atoms with Crippen molar-refractivity contribution < 1.29 is 9.59 Å². The molecule has 0 bridgehead atoms. The molecule has 6 aromatic rings. The number of hydrogen-bond donors (Lipinski definition) is 0. The molecular weight excluding hydrogens is 488 g/mol. The van der Waals surface area contributed by atoms with Gasteiger partial charge in [-0.15, -0.1) is 0 Å². The highest BCUT2D eigenvalue weighted by atomic mass is 16.1. The van der Waals surface area contributed by atoms with E-state index in [-0.39, 0.29) is 23.4 Å². The summed E-state index contributed by atoms with van der Waals surface area (Å²) in [4.78, 5) is 28.5. The summed E-state index contributed by atoms with van der Waals surface area (Å²) in [5.74, 6) is -1.12. The summed E-state index contributed by atoms with van der Waals surface area (Å²) >= 11 is 0. The van der Waals surface area contributed by atoms with Gasteiger partial charge in [-0.25, -0.2) is 0 Å². The number of ketones is 2. The standard InChI is InChI=1S/C38H28O2/c39-37(27-13-3-1-4-14-27)35-33(31-21-19-25-11-7-9-17-29(25)23-31)34(36(35)38(40)28-15-5-2-6-16-28)32-22-20-26-12-8-10-18-30(26)24-32/h1-24,33-36H/t33-,34-,35+,36+/m0/s1. The molecular formula is C38H28O2. The van der Waals surface area contributed by atoms with Crippen LogP contribution < -0.4 is 0 Å². The first kappa shape index (κ1) is 24.2. The smallest absolute Gasteiger partial charge is 0.167 e. The molecule has 2 heteroatoms. The number of rotatable bonds is 6. The Morgan fingerprint density at radius 2 is 0.725 bits per heavy atom. The first-order valence-corrected chi connectivity index (χ1v) is 13.8. The Bertz CT molecular complexity index is 1720. The van der Waals surface area contributed by atoms with Crippen molar-refractivity contribution in [1.82, 2.24) is 0 Å². The Morgan fingerprint density at radius 1 is 0.375 bits per heavy atom. The van der Waals surface area contributed by atoms with Crippen LogP contribution in [0.4, 0.5) is 0 Å². The van der Waals surface area contributed by atoms with E-state index >= 15 is 0 Å². The summed E-state index contributed by atoms with van der Waals surface area (Å²) in [7, 11) is 0. The number of fused-ring (bicyclic) bond motifs is 2. The maximum absolute atomic E-state index is 14.3. The van der Waals surface area contributed by atoms with Crippen LogP contribution in [0.3, 0.4) is 0 Å². The fraction of sp³-hybridized carbons (Fsp3) is 0.105. The van der Waals surface area contributed by atoms with Crippen molar-refractivity contribution in [2.45, 2.75) is 11.8 Å². The van der Waals surface area contributed by atoms with Gasteiger partial charge in [0, 0.05) is 34.8 Å². The number of hydrogen-bond acceptors (Lipinski definition) is 2. The van der Waals surface area contributed by atoms with Gasteiger partial charge >= 0.3 is 0 Å². The molecule has 0 amide bonds. The van der Waals surface area contributed by atoms with Gasteiger partial charge in [0.05, 0.1) is 0 Å². The van der Waals surface area contributed by atoms with Gasteiger partial charge in [0.15, 0.2) is 11.6 Å². The molecule has 6 aromatic carbocycles. The van der Waals surface area contributed by atoms with Gasteiger partial charge < -0.3 is 0 Å². The van der Waals surface area contributed by atoms with Gasteiger partial charge in [0.2, 0.25) is 0 Å². The van der Waals surface area contributed by atoms with Crippen molar-refractivity contribution in [3.05, 3.63) is 168 Å². The molecule has 40 heavy (non-hydrogen) atoms. The van der Waals surface area contributed by atoms with Gasteiger partial charge in [-0.1, -0.05) is 146 Å². The van der Waals surface area contributed by atoms with E-state index in [9.17, 15) is 9.59 Å². The van der Waals surface area contributed by atoms with E-state index in [0.29, 0.717) is 11.1 Å². The second-order valence-corrected chi connectivity index (χ2v) is 10.8. The summed E-state index contributed by atoms with van der Waals surface area (Å²) in [6.45, 7) is 0. The zero-order chi connectivity index (χ0) is 27.1. The highest BCUT2D eigenvalue weighted by Crippen LogP contribution is 2.60. The van der Waals surface area contributed by atoms with Gasteiger partial charge in [-0.2, -0.15) is 0 Å². The van der Waals surface area contributed by atoms with Crippen LogP contribution in [0.5, 0.6) is 0 Å². The highest BCUT2D eigenvalue weighted by molar-refractivity contribution is 6.07. The molecule has 1 aliphatic carbocycles. The lowest BCUT2D eigenvalue weighted by Crippen LogP contribution is -2.51. The Labute approximate surface area is 233 Å². The molecule has 0 heterocycles. The molecule has 2 nitrogen and oxygen atoms in total. The molecule has 1 aliphatic rings. The number of benzene rings is 6. The molecule has 192 valence electrons. The van der Waals surface area contributed by atoms with E-state index in [1.807, 2.05) is 84.9 Å². The maximum atomic E-state index is 14.3. The number of carbonyl (C=O) groups is 2. The molecule has 0 unspecified atom stereocenters. The minimum Gasteiger partial charge on any atom is -0.294 e. The topological polar surface area (TPSA) is 34.1 Å². The molecule has 0 N–H and O–H groups in total. The molecule has 0 saturated heterocycles. The van der Waals surface area contributed by atoms with E-state index in [1.54, 1.807) is 0 Å². The average Bonchev–Trinajstić information content (AvgIpc) is 3.01. The van der Waals surface area contributed by atoms with Crippen LogP contribution in [0.2, 0.25) is 0 Å². The molecule has 0 spiro atoms.